The maximum atomic E-state index is 13.7. The summed E-state index contributed by atoms with van der Waals surface area (Å²) in [6.07, 6.45) is 14.1. The minimum Gasteiger partial charge on any atom is -0.374 e. The predicted molar refractivity (Wildman–Crippen MR) is 82.1 cm³/mol. The molecule has 0 heterocycles. The first-order chi connectivity index (χ1) is 9.18. The Morgan fingerprint density at radius 2 is 1.26 bits per heavy atom. The lowest BCUT2D eigenvalue weighted by atomic mass is 10.1. The molecule has 0 amide bonds. The van der Waals surface area contributed by atoms with Crippen LogP contribution in [0.4, 0.5) is 4.11 Å². The third kappa shape index (κ3) is 11.3. The van der Waals surface area contributed by atoms with E-state index in [0.29, 0.717) is 6.04 Å². The van der Waals surface area contributed by atoms with Gasteiger partial charge >= 0.3 is 8.89 Å². The van der Waals surface area contributed by atoms with Crippen LogP contribution in [0.3, 0.4) is 0 Å². The van der Waals surface area contributed by atoms with Gasteiger partial charge in [-0.15, -0.1) is 6.58 Å². The number of allylic oxidation sites excluding steroid dienone is 1. The Bertz CT molecular complexity index is 208. The summed E-state index contributed by atoms with van der Waals surface area (Å²) in [6.45, 7) is 3.72. The summed E-state index contributed by atoms with van der Waals surface area (Å²) in [7, 11) is -0.490. The molecule has 0 atom stereocenters. The van der Waals surface area contributed by atoms with E-state index in [4.69, 9.17) is 8.85 Å². The van der Waals surface area contributed by atoms with Gasteiger partial charge < -0.3 is 8.85 Å². The largest absolute Gasteiger partial charge is 0.539 e. The van der Waals surface area contributed by atoms with Crippen molar-refractivity contribution >= 4 is 8.89 Å². The lowest BCUT2D eigenvalue weighted by Crippen LogP contribution is -2.34. The number of halogens is 1. The zero-order chi connectivity index (χ0) is 14.4. The van der Waals surface area contributed by atoms with Crippen molar-refractivity contribution in [2.75, 3.05) is 14.2 Å². The second-order valence-electron chi connectivity index (χ2n) is 5.08. The van der Waals surface area contributed by atoms with Gasteiger partial charge in [-0.25, -0.2) is 4.11 Å². The van der Waals surface area contributed by atoms with E-state index in [0.717, 1.165) is 19.3 Å². The van der Waals surface area contributed by atoms with Crippen LogP contribution in [-0.2, 0) is 8.85 Å². The monoisotopic (exact) mass is 290 g/mol. The van der Waals surface area contributed by atoms with Crippen LogP contribution in [-0.4, -0.2) is 23.1 Å². The molecule has 0 aliphatic heterocycles. The average molecular weight is 290 g/mol. The fraction of sp³-hybridized carbons (Fsp3) is 0.867. The van der Waals surface area contributed by atoms with Crippen molar-refractivity contribution in [2.45, 2.75) is 70.3 Å². The van der Waals surface area contributed by atoms with Crippen molar-refractivity contribution in [3.63, 3.8) is 0 Å². The maximum absolute atomic E-state index is 13.7. The van der Waals surface area contributed by atoms with Gasteiger partial charge in [0.25, 0.3) is 0 Å². The Balaban J connectivity index is 3.21. The standard InChI is InChI=1S/C15H31FO2Si/c1-4-5-6-7-8-9-10-11-12-13-14-15-19(16,17-2)18-3/h4H,1,5-15H2,2-3H3. The Morgan fingerprint density at radius 1 is 0.842 bits per heavy atom. The minimum absolute atomic E-state index is 0.460. The van der Waals surface area contributed by atoms with E-state index in [1.807, 2.05) is 6.08 Å². The molecule has 0 radical (unpaired) electrons. The summed E-state index contributed by atoms with van der Waals surface area (Å²) in [4.78, 5) is 0. The zero-order valence-corrected chi connectivity index (χ0v) is 13.8. The Labute approximate surface area is 119 Å². The molecule has 114 valence electrons. The van der Waals surface area contributed by atoms with Crippen LogP contribution >= 0.6 is 0 Å². The fourth-order valence-corrected chi connectivity index (χ4v) is 3.40. The van der Waals surface area contributed by atoms with Gasteiger partial charge in [0.1, 0.15) is 0 Å². The highest BCUT2D eigenvalue weighted by molar-refractivity contribution is 6.59. The van der Waals surface area contributed by atoms with E-state index in [2.05, 4.69) is 6.58 Å². The molecule has 0 aliphatic rings. The third-order valence-electron chi connectivity index (χ3n) is 3.49. The smallest absolute Gasteiger partial charge is 0.374 e. The van der Waals surface area contributed by atoms with E-state index >= 15 is 0 Å². The average Bonchev–Trinajstić information content (AvgIpc) is 2.44. The van der Waals surface area contributed by atoms with Crippen molar-refractivity contribution in [2.24, 2.45) is 0 Å². The molecule has 0 bridgehead atoms. The zero-order valence-electron chi connectivity index (χ0n) is 12.8. The molecule has 19 heavy (non-hydrogen) atoms. The first-order valence-corrected chi connectivity index (χ1v) is 9.49. The van der Waals surface area contributed by atoms with E-state index < -0.39 is 8.89 Å². The van der Waals surface area contributed by atoms with Gasteiger partial charge in [-0.1, -0.05) is 51.0 Å². The molecule has 2 nitrogen and oxygen atoms in total. The molecular formula is C15H31FO2Si. The van der Waals surface area contributed by atoms with E-state index in [-0.39, 0.29) is 0 Å². The highest BCUT2D eigenvalue weighted by atomic mass is 28.4. The molecular weight excluding hydrogens is 259 g/mol. The Hall–Kier alpha value is -0.193. The van der Waals surface area contributed by atoms with Crippen LogP contribution in [0.25, 0.3) is 0 Å². The molecule has 0 fully saturated rings. The Kier molecular flexibility index (Phi) is 12.7. The lowest BCUT2D eigenvalue weighted by Gasteiger charge is -2.16. The molecule has 0 aromatic rings. The molecule has 0 aromatic heterocycles. The number of unbranched alkanes of at least 4 members (excludes halogenated alkanes) is 9. The highest BCUT2D eigenvalue weighted by Crippen LogP contribution is 2.18. The molecule has 0 aliphatic carbocycles. The second kappa shape index (κ2) is 12.8. The van der Waals surface area contributed by atoms with E-state index in [9.17, 15) is 4.11 Å². The highest BCUT2D eigenvalue weighted by Gasteiger charge is 2.36. The minimum atomic E-state index is -3.30. The SMILES string of the molecule is C=CCCCCCCCCCCC[Si](F)(OC)OC. The van der Waals surface area contributed by atoms with Crippen LogP contribution < -0.4 is 0 Å². The molecule has 0 saturated heterocycles. The molecule has 0 rings (SSSR count). The van der Waals surface area contributed by atoms with Crippen molar-refractivity contribution in [1.29, 1.82) is 0 Å². The molecule has 0 aromatic carbocycles. The van der Waals surface area contributed by atoms with Crippen LogP contribution in [0, 0.1) is 0 Å². The summed E-state index contributed by atoms with van der Waals surface area (Å²) in [5, 5.41) is 0. The first kappa shape index (κ1) is 18.8. The molecule has 0 N–H and O–H groups in total. The van der Waals surface area contributed by atoms with Crippen LogP contribution in [0.1, 0.15) is 64.2 Å². The van der Waals surface area contributed by atoms with Gasteiger partial charge in [0.05, 0.1) is 0 Å². The summed E-state index contributed by atoms with van der Waals surface area (Å²) in [5.74, 6) is 0. The van der Waals surface area contributed by atoms with Gasteiger partial charge in [-0.2, -0.15) is 0 Å². The second-order valence-corrected chi connectivity index (χ2v) is 7.71. The van der Waals surface area contributed by atoms with Crippen molar-refractivity contribution in [3.8, 4) is 0 Å². The molecule has 0 unspecified atom stereocenters. The van der Waals surface area contributed by atoms with Crippen molar-refractivity contribution < 1.29 is 13.0 Å². The quantitative estimate of drug-likeness (QED) is 0.188. The van der Waals surface area contributed by atoms with Gasteiger partial charge in [0, 0.05) is 20.3 Å². The predicted octanol–water partition coefficient (Wildman–Crippen LogP) is 5.27. The summed E-state index contributed by atoms with van der Waals surface area (Å²) in [6, 6.07) is 0.460. The van der Waals surface area contributed by atoms with Crippen LogP contribution in [0.5, 0.6) is 0 Å². The number of rotatable bonds is 14. The van der Waals surface area contributed by atoms with Gasteiger partial charge in [-0.3, -0.25) is 0 Å². The maximum Gasteiger partial charge on any atom is 0.539 e. The van der Waals surface area contributed by atoms with Gasteiger partial charge in [-0.05, 0) is 19.3 Å². The fourth-order valence-electron chi connectivity index (χ4n) is 2.15. The van der Waals surface area contributed by atoms with E-state index in [1.165, 1.54) is 59.2 Å². The summed E-state index contributed by atoms with van der Waals surface area (Å²) >= 11 is 0. The first-order valence-electron chi connectivity index (χ1n) is 7.58. The third-order valence-corrected chi connectivity index (χ3v) is 5.66. The van der Waals surface area contributed by atoms with Crippen LogP contribution in [0.2, 0.25) is 6.04 Å². The number of hydrogen-bond donors (Lipinski definition) is 0. The van der Waals surface area contributed by atoms with Gasteiger partial charge in [0.2, 0.25) is 0 Å². The summed E-state index contributed by atoms with van der Waals surface area (Å²) < 4.78 is 23.4. The Morgan fingerprint density at radius 3 is 1.68 bits per heavy atom. The van der Waals surface area contributed by atoms with Crippen LogP contribution in [0.15, 0.2) is 12.7 Å². The van der Waals surface area contributed by atoms with E-state index in [1.54, 1.807) is 0 Å². The van der Waals surface area contributed by atoms with Crippen molar-refractivity contribution in [3.05, 3.63) is 12.7 Å². The molecule has 0 spiro atoms. The van der Waals surface area contributed by atoms with Gasteiger partial charge in [0.15, 0.2) is 0 Å². The topological polar surface area (TPSA) is 18.5 Å². The van der Waals surface area contributed by atoms with Crippen molar-refractivity contribution in [1.82, 2.24) is 0 Å². The summed E-state index contributed by atoms with van der Waals surface area (Å²) in [5.41, 5.74) is 0. The lowest BCUT2D eigenvalue weighted by molar-refractivity contribution is 0.191. The molecule has 4 heteroatoms. The number of hydrogen-bond acceptors (Lipinski definition) is 2. The normalized spacial score (nSPS) is 11.7. The molecule has 0 saturated carbocycles.